The maximum absolute atomic E-state index is 9.47. The number of rotatable bonds is 3. The molecule has 0 amide bonds. The van der Waals surface area contributed by atoms with Crippen molar-refractivity contribution in [2.24, 2.45) is 0 Å². The van der Waals surface area contributed by atoms with Gasteiger partial charge in [-0.05, 0) is 19.1 Å². The number of halogens is 1. The molecule has 1 aromatic rings. The van der Waals surface area contributed by atoms with Crippen LogP contribution in [0.3, 0.4) is 0 Å². The largest absolute Gasteiger partial charge is 0.464 e. The minimum atomic E-state index is -0.677. The number of aliphatic hydroxyl groups excluding tert-OH is 1. The van der Waals surface area contributed by atoms with Crippen molar-refractivity contribution < 1.29 is 9.52 Å². The Kier molecular flexibility index (Phi) is 2.95. The summed E-state index contributed by atoms with van der Waals surface area (Å²) in [6.07, 6.45) is -0.349. The van der Waals surface area contributed by atoms with Gasteiger partial charge in [-0.3, -0.25) is 0 Å². The van der Waals surface area contributed by atoms with E-state index in [-0.39, 0.29) is 0 Å². The summed E-state index contributed by atoms with van der Waals surface area (Å²) in [5, 5.41) is 9.89. The van der Waals surface area contributed by atoms with Crippen molar-refractivity contribution in [2.45, 2.75) is 19.4 Å². The molecule has 0 saturated carbocycles. The highest BCUT2D eigenvalue weighted by molar-refractivity contribution is 6.29. The zero-order valence-corrected chi connectivity index (χ0v) is 7.64. The Labute approximate surface area is 76.5 Å². The minimum Gasteiger partial charge on any atom is -0.464 e. The van der Waals surface area contributed by atoms with E-state index in [1.807, 2.05) is 6.92 Å². The number of aryl methyl sites for hydroxylation is 1. The standard InChI is InChI=1S/C9H11ClO2/c1-6(10)5-8(11)9-4-3-7(2)12-9/h3-4,8,11H,1,5H2,2H3. The van der Waals surface area contributed by atoms with Gasteiger partial charge in [-0.25, -0.2) is 0 Å². The predicted molar refractivity (Wildman–Crippen MR) is 48.0 cm³/mol. The van der Waals surface area contributed by atoms with Crippen LogP contribution in [0.4, 0.5) is 0 Å². The summed E-state index contributed by atoms with van der Waals surface area (Å²) in [7, 11) is 0. The third kappa shape index (κ3) is 2.40. The molecule has 0 aliphatic carbocycles. The van der Waals surface area contributed by atoms with Crippen LogP contribution in [0.5, 0.6) is 0 Å². The smallest absolute Gasteiger partial charge is 0.133 e. The molecule has 1 atom stereocenters. The molecule has 1 N–H and O–H groups in total. The van der Waals surface area contributed by atoms with Gasteiger partial charge in [0.25, 0.3) is 0 Å². The molecule has 0 fully saturated rings. The van der Waals surface area contributed by atoms with Gasteiger partial charge in [-0.15, -0.1) is 0 Å². The molecule has 0 saturated heterocycles. The van der Waals surface area contributed by atoms with Gasteiger partial charge in [0.2, 0.25) is 0 Å². The summed E-state index contributed by atoms with van der Waals surface area (Å²) in [4.78, 5) is 0. The van der Waals surface area contributed by atoms with Gasteiger partial charge < -0.3 is 9.52 Å². The van der Waals surface area contributed by atoms with E-state index < -0.39 is 6.10 Å². The first-order chi connectivity index (χ1) is 5.59. The van der Waals surface area contributed by atoms with Crippen molar-refractivity contribution in [3.63, 3.8) is 0 Å². The monoisotopic (exact) mass is 186 g/mol. The molecule has 1 rings (SSSR count). The van der Waals surface area contributed by atoms with Gasteiger partial charge in [0.15, 0.2) is 0 Å². The Morgan fingerprint density at radius 2 is 2.42 bits per heavy atom. The van der Waals surface area contributed by atoms with E-state index in [4.69, 9.17) is 16.0 Å². The second-order valence-electron chi connectivity index (χ2n) is 2.69. The number of aliphatic hydroxyl groups is 1. The van der Waals surface area contributed by atoms with Gasteiger partial charge in [-0.1, -0.05) is 18.2 Å². The van der Waals surface area contributed by atoms with Crippen molar-refractivity contribution in [3.8, 4) is 0 Å². The van der Waals surface area contributed by atoms with Gasteiger partial charge in [0.05, 0.1) is 0 Å². The zero-order chi connectivity index (χ0) is 9.14. The molecule has 66 valence electrons. The Hall–Kier alpha value is -0.730. The van der Waals surface area contributed by atoms with Crippen LogP contribution in [-0.2, 0) is 0 Å². The second kappa shape index (κ2) is 3.78. The van der Waals surface area contributed by atoms with Crippen molar-refractivity contribution in [3.05, 3.63) is 35.3 Å². The van der Waals surface area contributed by atoms with Crippen LogP contribution < -0.4 is 0 Å². The maximum Gasteiger partial charge on any atom is 0.133 e. The molecule has 12 heavy (non-hydrogen) atoms. The predicted octanol–water partition coefficient (Wildman–Crippen LogP) is 2.76. The van der Waals surface area contributed by atoms with Crippen molar-refractivity contribution >= 4 is 11.6 Å². The number of hydrogen-bond donors (Lipinski definition) is 1. The van der Waals surface area contributed by atoms with Crippen LogP contribution in [0.1, 0.15) is 24.0 Å². The lowest BCUT2D eigenvalue weighted by molar-refractivity contribution is 0.150. The fourth-order valence-electron chi connectivity index (χ4n) is 0.943. The molecule has 1 aromatic heterocycles. The molecule has 0 bridgehead atoms. The van der Waals surface area contributed by atoms with Crippen LogP contribution in [0.25, 0.3) is 0 Å². The van der Waals surface area contributed by atoms with E-state index >= 15 is 0 Å². The molecule has 0 radical (unpaired) electrons. The van der Waals surface area contributed by atoms with Gasteiger partial charge in [-0.2, -0.15) is 0 Å². The highest BCUT2D eigenvalue weighted by Gasteiger charge is 2.11. The molecule has 1 heterocycles. The summed E-state index contributed by atoms with van der Waals surface area (Å²) in [5.41, 5.74) is 0. The quantitative estimate of drug-likeness (QED) is 0.788. The van der Waals surface area contributed by atoms with Crippen LogP contribution in [-0.4, -0.2) is 5.11 Å². The Morgan fingerprint density at radius 1 is 1.75 bits per heavy atom. The average molecular weight is 187 g/mol. The molecule has 0 aromatic carbocycles. The van der Waals surface area contributed by atoms with Crippen LogP contribution in [0, 0.1) is 6.92 Å². The van der Waals surface area contributed by atoms with E-state index in [0.717, 1.165) is 5.76 Å². The van der Waals surface area contributed by atoms with E-state index in [1.165, 1.54) is 0 Å². The Morgan fingerprint density at radius 3 is 2.83 bits per heavy atom. The molecule has 3 heteroatoms. The van der Waals surface area contributed by atoms with Crippen LogP contribution >= 0.6 is 11.6 Å². The maximum atomic E-state index is 9.47. The molecule has 0 spiro atoms. The Balaban J connectivity index is 2.64. The Bertz CT molecular complexity index is 278. The summed E-state index contributed by atoms with van der Waals surface area (Å²) in [6.45, 7) is 5.32. The van der Waals surface area contributed by atoms with Crippen molar-refractivity contribution in [1.82, 2.24) is 0 Å². The second-order valence-corrected chi connectivity index (χ2v) is 3.22. The lowest BCUT2D eigenvalue weighted by atomic mass is 10.2. The molecular formula is C9H11ClO2. The minimum absolute atomic E-state index is 0.328. The fourth-order valence-corrected chi connectivity index (χ4v) is 1.09. The summed E-state index contributed by atoms with van der Waals surface area (Å²) in [6, 6.07) is 3.54. The normalized spacial score (nSPS) is 12.9. The van der Waals surface area contributed by atoms with E-state index in [9.17, 15) is 5.11 Å². The van der Waals surface area contributed by atoms with E-state index in [1.54, 1.807) is 12.1 Å². The lowest BCUT2D eigenvalue weighted by Gasteiger charge is -2.04. The SMILES string of the molecule is C=C(Cl)CC(O)c1ccc(C)o1. The van der Waals surface area contributed by atoms with Crippen molar-refractivity contribution in [1.29, 1.82) is 0 Å². The van der Waals surface area contributed by atoms with Gasteiger partial charge >= 0.3 is 0 Å². The van der Waals surface area contributed by atoms with Crippen molar-refractivity contribution in [2.75, 3.05) is 0 Å². The van der Waals surface area contributed by atoms with E-state index in [2.05, 4.69) is 6.58 Å². The summed E-state index contributed by atoms with van der Waals surface area (Å²) >= 11 is 5.53. The third-order valence-corrected chi connectivity index (χ3v) is 1.66. The van der Waals surface area contributed by atoms with E-state index in [0.29, 0.717) is 17.2 Å². The third-order valence-electron chi connectivity index (χ3n) is 1.50. The molecule has 0 aliphatic rings. The fraction of sp³-hybridized carbons (Fsp3) is 0.333. The number of furan rings is 1. The average Bonchev–Trinajstić information content (AvgIpc) is 2.34. The first kappa shape index (κ1) is 9.36. The van der Waals surface area contributed by atoms with Crippen LogP contribution in [0.15, 0.2) is 28.2 Å². The van der Waals surface area contributed by atoms with Crippen LogP contribution in [0.2, 0.25) is 0 Å². The molecule has 1 unspecified atom stereocenters. The molecule has 0 aliphatic heterocycles. The number of hydrogen-bond acceptors (Lipinski definition) is 2. The van der Waals surface area contributed by atoms with Gasteiger partial charge in [0.1, 0.15) is 17.6 Å². The highest BCUT2D eigenvalue weighted by atomic mass is 35.5. The molecule has 2 nitrogen and oxygen atoms in total. The molecular weight excluding hydrogens is 176 g/mol. The topological polar surface area (TPSA) is 33.4 Å². The first-order valence-corrected chi connectivity index (χ1v) is 4.05. The zero-order valence-electron chi connectivity index (χ0n) is 6.88. The van der Waals surface area contributed by atoms with Gasteiger partial charge in [0, 0.05) is 11.5 Å². The first-order valence-electron chi connectivity index (χ1n) is 3.67. The summed E-state index contributed by atoms with van der Waals surface area (Å²) < 4.78 is 5.20. The highest BCUT2D eigenvalue weighted by Crippen LogP contribution is 2.23. The summed E-state index contributed by atoms with van der Waals surface area (Å²) in [5.74, 6) is 1.32. The lowest BCUT2D eigenvalue weighted by Crippen LogP contribution is -1.94.